The fourth-order valence-electron chi connectivity index (χ4n) is 4.65. The normalized spacial score (nSPS) is 15.7. The Bertz CT molecular complexity index is 669. The molecule has 0 radical (unpaired) electrons. The molecule has 0 aliphatic rings. The lowest BCUT2D eigenvalue weighted by Gasteiger charge is -2.34. The van der Waals surface area contributed by atoms with Gasteiger partial charge in [0.25, 0.3) is 0 Å². The number of hydrogen-bond acceptors (Lipinski definition) is 9. The smallest absolute Gasteiger partial charge is 0.320 e. The van der Waals surface area contributed by atoms with Crippen LogP contribution in [0.15, 0.2) is 0 Å². The van der Waals surface area contributed by atoms with E-state index in [-0.39, 0.29) is 38.1 Å². The van der Waals surface area contributed by atoms with Crippen LogP contribution in [0.3, 0.4) is 0 Å². The Morgan fingerprint density at radius 2 is 1.02 bits per heavy atom. The van der Waals surface area contributed by atoms with Crippen LogP contribution in [0.25, 0.3) is 0 Å². The topological polar surface area (TPSA) is 167 Å². The van der Waals surface area contributed by atoms with Gasteiger partial charge in [-0.3, -0.25) is 9.59 Å². The van der Waals surface area contributed by atoms with Gasteiger partial charge in [-0.25, -0.2) is 0 Å². The van der Waals surface area contributed by atoms with Crippen LogP contribution in [0.1, 0.15) is 53.4 Å². The van der Waals surface area contributed by atoms with Gasteiger partial charge in [-0.05, 0) is 75.8 Å². The first kappa shape index (κ1) is 40.1. The zero-order valence-electron chi connectivity index (χ0n) is 26.8. The molecule has 0 spiro atoms. The van der Waals surface area contributed by atoms with Crippen molar-refractivity contribution in [1.82, 2.24) is 10.6 Å². The lowest BCUT2D eigenvalue weighted by molar-refractivity contribution is -0.141. The Labute approximate surface area is 250 Å². The van der Waals surface area contributed by atoms with Gasteiger partial charge in [0.2, 0.25) is 0 Å². The molecule has 6 N–H and O–H groups in total. The highest BCUT2D eigenvalue weighted by Gasteiger charge is 2.32. The van der Waals surface area contributed by atoms with E-state index in [2.05, 4.69) is 36.8 Å². The number of carboxylic acid groups (broad SMARTS) is 2. The zero-order chi connectivity index (χ0) is 31.6. The molecule has 13 heteroatoms. The molecule has 11 nitrogen and oxygen atoms in total. The van der Waals surface area contributed by atoms with Crippen LogP contribution >= 0.6 is 0 Å². The Hall–Kier alpha value is -0.906. The summed E-state index contributed by atoms with van der Waals surface area (Å²) in [6, 6.07) is 0.540. The van der Waals surface area contributed by atoms with Crippen molar-refractivity contribution in [2.24, 2.45) is 11.8 Å². The molecule has 0 rings (SSSR count). The van der Waals surface area contributed by atoms with Crippen molar-refractivity contribution in [3.63, 3.8) is 0 Å². The van der Waals surface area contributed by atoms with Crippen molar-refractivity contribution in [1.29, 1.82) is 0 Å². The molecule has 0 aromatic carbocycles. The molecule has 0 fully saturated rings. The summed E-state index contributed by atoms with van der Waals surface area (Å²) < 4.78 is 17.9. The molecule has 0 aromatic heterocycles. The summed E-state index contributed by atoms with van der Waals surface area (Å²) in [5.74, 6) is -1.32. The number of ether oxygens (including phenoxy) is 2. The maximum absolute atomic E-state index is 11.3. The van der Waals surface area contributed by atoms with Crippen molar-refractivity contribution in [3.05, 3.63) is 0 Å². The van der Waals surface area contributed by atoms with Gasteiger partial charge in [0.1, 0.15) is 12.1 Å². The van der Waals surface area contributed by atoms with Gasteiger partial charge in [0.15, 0.2) is 16.6 Å². The van der Waals surface area contributed by atoms with Crippen molar-refractivity contribution in [2.45, 2.75) is 116 Å². The highest BCUT2D eigenvalue weighted by Crippen LogP contribution is 2.24. The van der Waals surface area contributed by atoms with Gasteiger partial charge in [0, 0.05) is 26.3 Å². The van der Waals surface area contributed by atoms with Crippen molar-refractivity contribution in [3.8, 4) is 0 Å². The van der Waals surface area contributed by atoms with Gasteiger partial charge >= 0.3 is 11.9 Å². The molecular formula is C28H60N2O9Si2. The number of hydrogen-bond donors (Lipinski definition) is 6. The molecule has 244 valence electrons. The number of rotatable bonds is 26. The average Bonchev–Trinajstić information content (AvgIpc) is 2.82. The lowest BCUT2D eigenvalue weighted by Crippen LogP contribution is -2.44. The first-order valence-electron chi connectivity index (χ1n) is 15.1. The summed E-state index contributed by atoms with van der Waals surface area (Å²) in [7, 11) is -3.80. The third kappa shape index (κ3) is 22.3. The number of carboxylic acids is 2. The number of aliphatic hydroxyl groups is 2. The first-order valence-corrected chi connectivity index (χ1v) is 21.3. The summed E-state index contributed by atoms with van der Waals surface area (Å²) in [6.07, 6.45) is 1.16. The Balaban J connectivity index is 4.15. The molecule has 4 atom stereocenters. The van der Waals surface area contributed by atoms with Crippen molar-refractivity contribution >= 4 is 28.6 Å². The van der Waals surface area contributed by atoms with Crippen LogP contribution in [0.5, 0.6) is 0 Å². The zero-order valence-corrected chi connectivity index (χ0v) is 28.8. The molecule has 41 heavy (non-hydrogen) atoms. The first-order chi connectivity index (χ1) is 18.9. The van der Waals surface area contributed by atoms with Crippen LogP contribution in [0.4, 0.5) is 0 Å². The molecule has 0 aromatic rings. The van der Waals surface area contributed by atoms with Crippen LogP contribution in [-0.4, -0.2) is 113 Å². The minimum absolute atomic E-state index is 0.160. The molecule has 0 aliphatic heterocycles. The lowest BCUT2D eigenvalue weighted by atomic mass is 10.0. The average molecular weight is 625 g/mol. The summed E-state index contributed by atoms with van der Waals surface area (Å²) >= 11 is 0. The number of aliphatic hydroxyl groups excluding tert-OH is 2. The predicted molar refractivity (Wildman–Crippen MR) is 166 cm³/mol. The fraction of sp³-hybridized carbons (Fsp3) is 0.929. The molecule has 0 bridgehead atoms. The second kappa shape index (κ2) is 20.9. The van der Waals surface area contributed by atoms with Gasteiger partial charge in [-0.2, -0.15) is 0 Å². The second-order valence-electron chi connectivity index (χ2n) is 13.1. The van der Waals surface area contributed by atoms with E-state index in [4.69, 9.17) is 13.6 Å². The van der Waals surface area contributed by atoms with E-state index >= 15 is 0 Å². The standard InChI is InChI=1S/C28H60N2O9Si2/c1-21(2)15-25(27(33)34)29-17-23(31)19-37-11-9-13-40(5,6)39-41(7,8)14-10-12-38-20-24(32)18-30-26(28(35)36)16-22(3)4/h21-26,29-32H,9-20H2,1-8H3,(H,33,34)(H,35,36)/t23?,24?,25-,26-/m0/s1. The molecule has 0 amide bonds. The maximum atomic E-state index is 11.3. The Morgan fingerprint density at radius 1 is 0.683 bits per heavy atom. The number of carbonyl (C=O) groups is 2. The minimum atomic E-state index is -1.90. The second-order valence-corrected chi connectivity index (χ2v) is 22.0. The molecule has 0 saturated heterocycles. The van der Waals surface area contributed by atoms with E-state index in [9.17, 15) is 30.0 Å². The number of aliphatic carboxylic acids is 2. The third-order valence-corrected chi connectivity index (χ3v) is 14.1. The van der Waals surface area contributed by atoms with Crippen LogP contribution in [0, 0.1) is 11.8 Å². The summed E-state index contributed by atoms with van der Waals surface area (Å²) in [5, 5.41) is 44.7. The molecule has 2 unspecified atom stereocenters. The van der Waals surface area contributed by atoms with Gasteiger partial charge < -0.3 is 44.6 Å². The highest BCUT2D eigenvalue weighted by atomic mass is 28.4. The van der Waals surface area contributed by atoms with E-state index in [1.807, 2.05) is 27.7 Å². The molecule has 0 aliphatic carbocycles. The number of nitrogens with one attached hydrogen (secondary N) is 2. The van der Waals surface area contributed by atoms with Gasteiger partial charge in [0.05, 0.1) is 25.4 Å². The fourth-order valence-corrected chi connectivity index (χ4v) is 13.4. The quantitative estimate of drug-likeness (QED) is 0.0618. The summed E-state index contributed by atoms with van der Waals surface area (Å²) in [5.41, 5.74) is 0. The molecule has 0 saturated carbocycles. The monoisotopic (exact) mass is 624 g/mol. The van der Waals surface area contributed by atoms with Crippen molar-refractivity contribution < 1.29 is 43.6 Å². The van der Waals surface area contributed by atoms with Crippen molar-refractivity contribution in [2.75, 3.05) is 39.5 Å². The summed E-state index contributed by atoms with van der Waals surface area (Å²) in [6.45, 7) is 18.4. The van der Waals surface area contributed by atoms with Crippen LogP contribution in [0.2, 0.25) is 38.3 Å². The van der Waals surface area contributed by atoms with E-state index in [1.165, 1.54) is 0 Å². The molecule has 0 heterocycles. The summed E-state index contributed by atoms with van der Waals surface area (Å²) in [4.78, 5) is 22.6. The maximum Gasteiger partial charge on any atom is 0.320 e. The van der Waals surface area contributed by atoms with E-state index in [0.717, 1.165) is 24.9 Å². The van der Waals surface area contributed by atoms with Gasteiger partial charge in [-0.15, -0.1) is 0 Å². The van der Waals surface area contributed by atoms with E-state index in [1.54, 1.807) is 0 Å². The van der Waals surface area contributed by atoms with E-state index < -0.39 is 52.9 Å². The Morgan fingerprint density at radius 3 is 1.32 bits per heavy atom. The SMILES string of the molecule is CC(C)C[C@H](NCC(O)COCCC[Si](C)(C)O[Si](C)(C)CCCOCC(O)CN[C@@H](CC(C)C)C(=O)O)C(=O)O. The van der Waals surface area contributed by atoms with Crippen LogP contribution in [-0.2, 0) is 23.2 Å². The van der Waals surface area contributed by atoms with Crippen LogP contribution < -0.4 is 10.6 Å². The van der Waals surface area contributed by atoms with Gasteiger partial charge in [-0.1, -0.05) is 27.7 Å². The third-order valence-electron chi connectivity index (χ3n) is 6.52. The highest BCUT2D eigenvalue weighted by molar-refractivity contribution is 6.84. The molecular weight excluding hydrogens is 564 g/mol. The minimum Gasteiger partial charge on any atom is -0.480 e. The van der Waals surface area contributed by atoms with E-state index in [0.29, 0.717) is 26.1 Å². The Kier molecular flexibility index (Phi) is 20.4. The predicted octanol–water partition coefficient (Wildman–Crippen LogP) is 3.13. The largest absolute Gasteiger partial charge is 0.480 e.